The van der Waals surface area contributed by atoms with Gasteiger partial charge < -0.3 is 40.3 Å². The monoisotopic (exact) mass is 1780 g/mol. The molecule has 0 aromatic heterocycles. The van der Waals surface area contributed by atoms with Gasteiger partial charge in [0.25, 0.3) is 0 Å². The van der Waals surface area contributed by atoms with Crippen LogP contribution in [-0.2, 0) is 47.1 Å². The Morgan fingerprint density at radius 2 is 0.558 bits per heavy atom. The van der Waals surface area contributed by atoms with Crippen molar-refractivity contribution in [3.63, 3.8) is 0 Å². The minimum atomic E-state index is -1.43. The van der Waals surface area contributed by atoms with Crippen molar-refractivity contribution in [3.05, 3.63) is 101 Å². The van der Waals surface area contributed by atoms with Crippen LogP contribution in [0.1, 0.15) is 216 Å². The molecule has 2 aromatic rings. The molecule has 0 aliphatic heterocycles. The van der Waals surface area contributed by atoms with Crippen LogP contribution in [0.15, 0.2) is 60.7 Å². The largest absolute Gasteiger partial charge is 4.00 e. The van der Waals surface area contributed by atoms with Crippen molar-refractivity contribution in [3.8, 4) is 0 Å². The zero-order chi connectivity index (χ0) is 63.4. The van der Waals surface area contributed by atoms with Crippen molar-refractivity contribution in [2.24, 2.45) is 118 Å². The maximum Gasteiger partial charge on any atom is 4.00 e. The van der Waals surface area contributed by atoms with Crippen molar-refractivity contribution >= 4 is 108 Å². The van der Waals surface area contributed by atoms with Crippen LogP contribution in [0, 0.1) is 148 Å². The molecule has 0 radical (unpaired) electrons. The van der Waals surface area contributed by atoms with Gasteiger partial charge in [-0.3, -0.25) is 0 Å². The molecule has 28 atom stereocenters. The van der Waals surface area contributed by atoms with Crippen LogP contribution in [0.25, 0.3) is 10.6 Å². The average molecular weight is 1790 g/mol. The summed E-state index contributed by atoms with van der Waals surface area (Å²) in [5.41, 5.74) is 6.52. The van der Waals surface area contributed by atoms with E-state index in [4.69, 9.17) is 17.0 Å². The Labute approximate surface area is 661 Å². The van der Waals surface area contributed by atoms with E-state index in [9.17, 15) is 0 Å². The van der Waals surface area contributed by atoms with E-state index < -0.39 is 37.0 Å². The zero-order valence-electron chi connectivity index (χ0n) is 62.0. The normalized spacial score (nSPS) is 41.7. The van der Waals surface area contributed by atoms with Crippen molar-refractivity contribution in [2.45, 2.75) is 282 Å². The Morgan fingerprint density at radius 3 is 0.768 bits per heavy atom. The molecule has 2 nitrogen and oxygen atoms in total. The Hall–Kier alpha value is 2.74. The molecular weight excluding hydrogens is 1650 g/mol. The first kappa shape index (κ1) is 86.7. The molecule has 95 heavy (non-hydrogen) atoms. The summed E-state index contributed by atoms with van der Waals surface area (Å²) in [4.78, 5) is 3.28. The first-order valence-electron chi connectivity index (χ1n) is 38.7. The van der Waals surface area contributed by atoms with Crippen LogP contribution in [0.3, 0.4) is 0 Å². The predicted molar refractivity (Wildman–Crippen MR) is 433 cm³/mol. The van der Waals surface area contributed by atoms with Gasteiger partial charge in [-0.25, -0.2) is 0 Å². The number of para-hydroxylation sites is 2. The van der Waals surface area contributed by atoms with Gasteiger partial charge in [0.05, 0.1) is 16.1 Å². The Balaban J connectivity index is 0.000000227. The van der Waals surface area contributed by atoms with Gasteiger partial charge in [0.15, 0.2) is 0 Å². The van der Waals surface area contributed by atoms with Crippen LogP contribution in [0.2, 0.25) is 46.3 Å². The maximum absolute atomic E-state index is 4.93. The SMILES string of the molecule is CC[Si](CC)(C1C(C)CC2C3CCCCC3C(Br)CC21)C1C(C)CC2C3CCCCC3C(Br)CC21.CC[Si](CC)(C1C(C)CC2C3CCCCC3C(Br)CC21)C1C(C)CC2C3CCCCC3C(Br)CC21.[CH3-].[CH3-].[CH3-].[CH3-].[Cl][Zr+2][Cl].[Zr+4].c1ccc([N-]CCC[N-]c2ccccc2)cc1. The van der Waals surface area contributed by atoms with Crippen LogP contribution in [0.4, 0.5) is 11.4 Å². The molecule has 12 fully saturated rings. The summed E-state index contributed by atoms with van der Waals surface area (Å²) in [5, 5.41) is 8.95. The van der Waals surface area contributed by atoms with E-state index in [0.29, 0.717) is 0 Å². The standard InChI is InChI=1S/2C32H54Br2Si.C15H16N2.4CH3.2ClH.2Zr/c2*1-5-35(6-2,31-19(3)15-25-21-11-7-9-13-23(21)29(33)17-27(25)31)32-20(4)16-26-22-12-8-10-14-24(22)30(34)18-28(26)32;1-3-8-14(9-4-1)16-12-7-13-17-15-10-5-2-6-11-15;;;;;;;;/h2*19-32H,5-18H2,1-4H3;1-6,8-11H,7,12-13H2;4*1H3;2*1H;;/q;;-2;4*-1;;;2*+4/p-2. The number of nitrogens with zero attached hydrogens (tertiary/aromatic N) is 2. The fourth-order valence-electron chi connectivity index (χ4n) is 27.8. The Morgan fingerprint density at radius 1 is 0.347 bits per heavy atom. The zero-order valence-corrected chi connectivity index (χ0v) is 76.8. The minimum absolute atomic E-state index is 0. The third-order valence-electron chi connectivity index (χ3n) is 30.3. The quantitative estimate of drug-likeness (QED) is 0.0781. The fourth-order valence-corrected chi connectivity index (χ4v) is 47.8. The molecule has 2 aromatic carbocycles. The number of rotatable bonds is 14. The summed E-state index contributed by atoms with van der Waals surface area (Å²) in [7, 11) is 7.00. The molecule has 12 aliphatic rings. The number of alkyl halides is 4. The number of benzene rings is 2. The van der Waals surface area contributed by atoms with Gasteiger partial charge in [0.2, 0.25) is 0 Å². The van der Waals surface area contributed by atoms with E-state index in [2.05, 4.69) is 130 Å². The molecule has 0 N–H and O–H groups in total. The van der Waals surface area contributed by atoms with E-state index in [1.165, 1.54) is 103 Å². The number of hydrogen-bond donors (Lipinski definition) is 0. The third-order valence-corrected chi connectivity index (χ3v) is 49.1. The van der Waals surface area contributed by atoms with Gasteiger partial charge in [-0.15, -0.1) is 24.5 Å². The van der Waals surface area contributed by atoms with Crippen molar-refractivity contribution in [1.82, 2.24) is 0 Å². The summed E-state index contributed by atoms with van der Waals surface area (Å²) in [6.45, 7) is 23.4. The van der Waals surface area contributed by atoms with Crippen molar-refractivity contribution in [2.75, 3.05) is 13.1 Å². The van der Waals surface area contributed by atoms with E-state index in [0.717, 1.165) is 191 Å². The van der Waals surface area contributed by atoms with Crippen LogP contribution >= 0.6 is 80.7 Å². The fraction of sp³-hybridized carbons (Fsp3) is 0.807. The molecule has 536 valence electrons. The van der Waals surface area contributed by atoms with Gasteiger partial charge in [-0.1, -0.05) is 262 Å². The molecular formula is C83H136Br4Cl2N2Si2Zr2. The summed E-state index contributed by atoms with van der Waals surface area (Å²) in [5.74, 6) is 20.7. The minimum Gasteiger partial charge on any atom is -0.684 e. The number of halogens is 6. The topological polar surface area (TPSA) is 28.2 Å². The van der Waals surface area contributed by atoms with E-state index in [1.54, 1.807) is 75.5 Å². The summed E-state index contributed by atoms with van der Waals surface area (Å²) < 4.78 is 0. The predicted octanol–water partition coefficient (Wildman–Crippen LogP) is 29.4. The molecule has 12 saturated carbocycles. The third kappa shape index (κ3) is 18.1. The summed E-state index contributed by atoms with van der Waals surface area (Å²) in [6.07, 6.45) is 37.8. The molecule has 12 aliphatic carbocycles. The average Bonchev–Trinajstić information content (AvgIpc) is 1.59. The van der Waals surface area contributed by atoms with E-state index in [1.807, 2.05) is 60.7 Å². The van der Waals surface area contributed by atoms with Crippen LogP contribution < -0.4 is 0 Å². The van der Waals surface area contributed by atoms with E-state index in [-0.39, 0.29) is 55.9 Å². The van der Waals surface area contributed by atoms with Crippen molar-refractivity contribution in [1.29, 1.82) is 0 Å². The summed E-state index contributed by atoms with van der Waals surface area (Å²) in [6, 6.07) is 26.4. The molecule has 0 saturated heterocycles. The summed E-state index contributed by atoms with van der Waals surface area (Å²) >= 11 is 16.5. The molecule has 12 heteroatoms. The second-order valence-electron chi connectivity index (χ2n) is 33.5. The second-order valence-corrected chi connectivity index (χ2v) is 52.3. The molecule has 0 heterocycles. The smallest absolute Gasteiger partial charge is 0.684 e. The first-order valence-corrected chi connectivity index (χ1v) is 53.8. The van der Waals surface area contributed by atoms with Gasteiger partial charge in [0.1, 0.15) is 0 Å². The van der Waals surface area contributed by atoms with E-state index >= 15 is 0 Å². The van der Waals surface area contributed by atoms with Crippen LogP contribution in [-0.4, -0.2) is 48.5 Å². The van der Waals surface area contributed by atoms with Gasteiger partial charge in [0, 0.05) is 19.3 Å². The first-order chi connectivity index (χ1) is 43.7. The molecule has 0 spiro atoms. The molecule has 0 bridgehead atoms. The number of hydrogen-bond acceptors (Lipinski definition) is 0. The van der Waals surface area contributed by atoms with Gasteiger partial charge in [-0.05, 0) is 243 Å². The van der Waals surface area contributed by atoms with Crippen molar-refractivity contribution < 1.29 is 47.1 Å². The van der Waals surface area contributed by atoms with Crippen LogP contribution in [0.5, 0.6) is 0 Å². The number of fused-ring (bicyclic) bond motifs is 12. The Bertz CT molecular complexity index is 2200. The maximum atomic E-state index is 4.93. The second kappa shape index (κ2) is 40.1. The molecule has 0 amide bonds. The molecule has 28 unspecified atom stereocenters. The van der Waals surface area contributed by atoms with Gasteiger partial charge >= 0.3 is 64.1 Å². The Kier molecular flexibility index (Phi) is 36.6. The molecule has 14 rings (SSSR count). The van der Waals surface area contributed by atoms with Gasteiger partial charge in [-0.2, -0.15) is 0 Å².